The van der Waals surface area contributed by atoms with Crippen LogP contribution in [0, 0.1) is 5.92 Å². The zero-order valence-corrected chi connectivity index (χ0v) is 11.2. The van der Waals surface area contributed by atoms with E-state index in [-0.39, 0.29) is 17.4 Å². The molecular formula is C13H17NO3S. The van der Waals surface area contributed by atoms with Gasteiger partial charge in [0.2, 0.25) is 5.91 Å². The highest BCUT2D eigenvalue weighted by atomic mass is 32.2. The highest BCUT2D eigenvalue weighted by molar-refractivity contribution is 7.91. The van der Waals surface area contributed by atoms with Crippen molar-refractivity contribution in [3.8, 4) is 0 Å². The summed E-state index contributed by atoms with van der Waals surface area (Å²) in [6.45, 7) is 2.02. The van der Waals surface area contributed by atoms with Gasteiger partial charge in [0, 0.05) is 5.69 Å². The number of carbonyl (C=O) groups is 1. The van der Waals surface area contributed by atoms with E-state index in [2.05, 4.69) is 5.32 Å². The number of aryl methyl sites for hydroxylation is 1. The maximum absolute atomic E-state index is 12.0. The molecule has 0 saturated carbocycles. The van der Waals surface area contributed by atoms with Crippen molar-refractivity contribution in [2.24, 2.45) is 5.92 Å². The Hall–Kier alpha value is -1.36. The molecule has 98 valence electrons. The first kappa shape index (κ1) is 13.1. The van der Waals surface area contributed by atoms with Crippen molar-refractivity contribution in [2.75, 3.05) is 16.8 Å². The van der Waals surface area contributed by atoms with Crippen LogP contribution in [0.2, 0.25) is 0 Å². The molecule has 1 aliphatic rings. The second-order valence-electron chi connectivity index (χ2n) is 4.60. The second kappa shape index (κ2) is 5.10. The molecule has 4 nitrogen and oxygen atoms in total. The molecule has 0 radical (unpaired) electrons. The van der Waals surface area contributed by atoms with E-state index in [1.807, 2.05) is 31.2 Å². The number of anilines is 1. The van der Waals surface area contributed by atoms with E-state index < -0.39 is 15.8 Å². The quantitative estimate of drug-likeness (QED) is 0.905. The summed E-state index contributed by atoms with van der Waals surface area (Å²) in [4.78, 5) is 12.0. The number of nitrogens with one attached hydrogen (secondary N) is 1. The summed E-state index contributed by atoms with van der Waals surface area (Å²) in [5.41, 5.74) is 1.85. The van der Waals surface area contributed by atoms with Crippen molar-refractivity contribution in [3.05, 3.63) is 29.8 Å². The van der Waals surface area contributed by atoms with Gasteiger partial charge in [-0.05, 0) is 24.5 Å². The lowest BCUT2D eigenvalue weighted by Crippen LogP contribution is -2.24. The number of hydrogen-bond acceptors (Lipinski definition) is 3. The van der Waals surface area contributed by atoms with Crippen molar-refractivity contribution < 1.29 is 13.2 Å². The van der Waals surface area contributed by atoms with Crippen LogP contribution in [0.4, 0.5) is 5.69 Å². The van der Waals surface area contributed by atoms with E-state index in [0.717, 1.165) is 17.7 Å². The minimum Gasteiger partial charge on any atom is -0.326 e. The Morgan fingerprint density at radius 3 is 2.72 bits per heavy atom. The third-order valence-corrected chi connectivity index (χ3v) is 5.03. The number of hydrogen-bond donors (Lipinski definition) is 1. The molecule has 0 bridgehead atoms. The summed E-state index contributed by atoms with van der Waals surface area (Å²) in [7, 11) is -3.01. The minimum absolute atomic E-state index is 0.0207. The maximum Gasteiger partial charge on any atom is 0.228 e. The molecule has 1 fully saturated rings. The fourth-order valence-corrected chi connectivity index (χ4v) is 3.93. The molecular weight excluding hydrogens is 250 g/mol. The Balaban J connectivity index is 2.08. The van der Waals surface area contributed by atoms with E-state index in [1.54, 1.807) is 0 Å². The van der Waals surface area contributed by atoms with Crippen LogP contribution in [0.1, 0.15) is 18.9 Å². The first-order chi connectivity index (χ1) is 8.52. The highest BCUT2D eigenvalue weighted by Gasteiger charge is 2.33. The van der Waals surface area contributed by atoms with Gasteiger partial charge in [-0.2, -0.15) is 0 Å². The molecule has 1 N–H and O–H groups in total. The number of amides is 1. The van der Waals surface area contributed by atoms with Gasteiger partial charge in [0.05, 0.1) is 17.4 Å². The molecule has 18 heavy (non-hydrogen) atoms. The fraction of sp³-hybridized carbons (Fsp3) is 0.462. The van der Waals surface area contributed by atoms with Gasteiger partial charge in [-0.1, -0.05) is 25.1 Å². The summed E-state index contributed by atoms with van der Waals surface area (Å²) < 4.78 is 22.7. The summed E-state index contributed by atoms with van der Waals surface area (Å²) in [5.74, 6) is -0.481. The molecule has 2 rings (SSSR count). The summed E-state index contributed by atoms with van der Waals surface area (Å²) in [6.07, 6.45) is 1.27. The van der Waals surface area contributed by atoms with Crippen LogP contribution >= 0.6 is 0 Å². The van der Waals surface area contributed by atoms with Crippen LogP contribution in [0.5, 0.6) is 0 Å². The van der Waals surface area contributed by atoms with Gasteiger partial charge in [0.15, 0.2) is 9.84 Å². The largest absolute Gasteiger partial charge is 0.326 e. The third kappa shape index (κ3) is 2.90. The molecule has 1 atom stereocenters. The lowest BCUT2D eigenvalue weighted by atomic mass is 10.1. The maximum atomic E-state index is 12.0. The molecule has 0 aliphatic carbocycles. The molecule has 1 heterocycles. The topological polar surface area (TPSA) is 63.2 Å². The van der Waals surface area contributed by atoms with E-state index in [9.17, 15) is 13.2 Å². The van der Waals surface area contributed by atoms with Crippen LogP contribution in [-0.2, 0) is 21.1 Å². The van der Waals surface area contributed by atoms with E-state index >= 15 is 0 Å². The Morgan fingerprint density at radius 2 is 2.11 bits per heavy atom. The van der Waals surface area contributed by atoms with Gasteiger partial charge < -0.3 is 5.32 Å². The molecule has 1 aliphatic heterocycles. The molecule has 1 amide bonds. The Kier molecular flexibility index (Phi) is 3.71. The SMILES string of the molecule is CCc1ccccc1NC(=O)[C@@H]1CCS(=O)(=O)C1. The van der Waals surface area contributed by atoms with Crippen molar-refractivity contribution >= 4 is 21.4 Å². The van der Waals surface area contributed by atoms with Gasteiger partial charge in [0.1, 0.15) is 0 Å². The predicted molar refractivity (Wildman–Crippen MR) is 71.2 cm³/mol. The Morgan fingerprint density at radius 1 is 1.39 bits per heavy atom. The lowest BCUT2D eigenvalue weighted by Gasteiger charge is -2.12. The number of rotatable bonds is 3. The molecule has 0 spiro atoms. The van der Waals surface area contributed by atoms with Crippen molar-refractivity contribution in [2.45, 2.75) is 19.8 Å². The minimum atomic E-state index is -3.01. The molecule has 1 saturated heterocycles. The zero-order valence-electron chi connectivity index (χ0n) is 10.3. The zero-order chi connectivity index (χ0) is 13.2. The van der Waals surface area contributed by atoms with Gasteiger partial charge in [-0.15, -0.1) is 0 Å². The van der Waals surface area contributed by atoms with Crippen molar-refractivity contribution in [1.82, 2.24) is 0 Å². The van der Waals surface area contributed by atoms with Gasteiger partial charge in [-0.3, -0.25) is 4.79 Å². The third-order valence-electron chi connectivity index (χ3n) is 3.26. The number of benzene rings is 1. The second-order valence-corrected chi connectivity index (χ2v) is 6.83. The average Bonchev–Trinajstić information content (AvgIpc) is 2.70. The number of para-hydroxylation sites is 1. The summed E-state index contributed by atoms with van der Waals surface area (Å²) in [5, 5.41) is 2.84. The van der Waals surface area contributed by atoms with E-state index in [4.69, 9.17) is 0 Å². The molecule has 0 aromatic heterocycles. The van der Waals surface area contributed by atoms with Gasteiger partial charge in [0.25, 0.3) is 0 Å². The normalized spacial score (nSPS) is 21.7. The molecule has 0 unspecified atom stereocenters. The Bertz CT molecular complexity index is 551. The lowest BCUT2D eigenvalue weighted by molar-refractivity contribution is -0.119. The first-order valence-electron chi connectivity index (χ1n) is 6.11. The average molecular weight is 267 g/mol. The van der Waals surface area contributed by atoms with Crippen LogP contribution < -0.4 is 5.32 Å². The van der Waals surface area contributed by atoms with Crippen LogP contribution in [0.3, 0.4) is 0 Å². The smallest absolute Gasteiger partial charge is 0.228 e. The predicted octanol–water partition coefficient (Wildman–Crippen LogP) is 1.62. The van der Waals surface area contributed by atoms with Gasteiger partial charge >= 0.3 is 0 Å². The number of sulfone groups is 1. The molecule has 5 heteroatoms. The van der Waals surface area contributed by atoms with Gasteiger partial charge in [-0.25, -0.2) is 8.42 Å². The Labute approximate surface area is 107 Å². The molecule has 1 aromatic rings. The summed E-state index contributed by atoms with van der Waals surface area (Å²) in [6, 6.07) is 7.59. The first-order valence-corrected chi connectivity index (χ1v) is 7.93. The summed E-state index contributed by atoms with van der Waals surface area (Å²) >= 11 is 0. The monoisotopic (exact) mass is 267 g/mol. The van der Waals surface area contributed by atoms with Crippen LogP contribution in [-0.4, -0.2) is 25.8 Å². The van der Waals surface area contributed by atoms with Crippen molar-refractivity contribution in [1.29, 1.82) is 0 Å². The van der Waals surface area contributed by atoms with Crippen LogP contribution in [0.25, 0.3) is 0 Å². The van der Waals surface area contributed by atoms with Crippen LogP contribution in [0.15, 0.2) is 24.3 Å². The fourth-order valence-electron chi connectivity index (χ4n) is 2.19. The van der Waals surface area contributed by atoms with E-state index in [0.29, 0.717) is 6.42 Å². The molecule has 1 aromatic carbocycles. The van der Waals surface area contributed by atoms with E-state index in [1.165, 1.54) is 0 Å². The number of carbonyl (C=O) groups excluding carboxylic acids is 1. The highest BCUT2D eigenvalue weighted by Crippen LogP contribution is 2.22. The standard InChI is InChI=1S/C13H17NO3S/c1-2-10-5-3-4-6-12(10)14-13(15)11-7-8-18(16,17)9-11/h3-6,11H,2,7-9H2,1H3,(H,14,15)/t11-/m1/s1. The van der Waals surface area contributed by atoms with Crippen molar-refractivity contribution in [3.63, 3.8) is 0 Å².